The molecule has 3 aromatic rings. The van der Waals surface area contributed by atoms with Crippen LogP contribution in [0, 0.1) is 6.92 Å². The highest BCUT2D eigenvalue weighted by molar-refractivity contribution is 6.12. The zero-order chi connectivity index (χ0) is 13.2. The number of aromatic amines is 1. The predicted octanol–water partition coefficient (Wildman–Crippen LogP) is 3.12. The first-order valence-corrected chi connectivity index (χ1v) is 6.04. The summed E-state index contributed by atoms with van der Waals surface area (Å²) < 4.78 is 0. The molecule has 4 heteroatoms. The van der Waals surface area contributed by atoms with E-state index in [1.54, 1.807) is 12.4 Å². The average Bonchev–Trinajstić information content (AvgIpc) is 2.82. The van der Waals surface area contributed by atoms with Crippen LogP contribution in [-0.4, -0.2) is 15.9 Å². The minimum Gasteiger partial charge on any atom is -0.345 e. The van der Waals surface area contributed by atoms with Crippen molar-refractivity contribution >= 4 is 22.6 Å². The summed E-state index contributed by atoms with van der Waals surface area (Å²) in [5.74, 6) is -0.134. The SMILES string of the molecule is Cc1cccc(NC(=O)c2c[nH]c3ncccc23)c1. The van der Waals surface area contributed by atoms with Gasteiger partial charge in [-0.2, -0.15) is 0 Å². The Morgan fingerprint density at radius 3 is 3.00 bits per heavy atom. The molecule has 0 fully saturated rings. The van der Waals surface area contributed by atoms with Crippen molar-refractivity contribution in [3.8, 4) is 0 Å². The van der Waals surface area contributed by atoms with Crippen LogP contribution < -0.4 is 5.32 Å². The van der Waals surface area contributed by atoms with E-state index in [2.05, 4.69) is 15.3 Å². The Morgan fingerprint density at radius 2 is 2.16 bits per heavy atom. The van der Waals surface area contributed by atoms with E-state index in [1.165, 1.54) is 0 Å². The van der Waals surface area contributed by atoms with Gasteiger partial charge in [0.25, 0.3) is 5.91 Å². The van der Waals surface area contributed by atoms with E-state index in [1.807, 2.05) is 43.3 Å². The van der Waals surface area contributed by atoms with Crippen LogP contribution in [0.5, 0.6) is 0 Å². The lowest BCUT2D eigenvalue weighted by Crippen LogP contribution is -2.11. The van der Waals surface area contributed by atoms with Crippen molar-refractivity contribution < 1.29 is 4.79 Å². The molecule has 0 aliphatic carbocycles. The first-order chi connectivity index (χ1) is 9.24. The Kier molecular flexibility index (Phi) is 2.76. The lowest BCUT2D eigenvalue weighted by atomic mass is 10.2. The summed E-state index contributed by atoms with van der Waals surface area (Å²) in [5.41, 5.74) is 3.23. The van der Waals surface area contributed by atoms with E-state index < -0.39 is 0 Å². The number of nitrogens with zero attached hydrogens (tertiary/aromatic N) is 1. The molecule has 1 amide bonds. The Balaban J connectivity index is 1.92. The van der Waals surface area contributed by atoms with Crippen molar-refractivity contribution in [3.63, 3.8) is 0 Å². The summed E-state index contributed by atoms with van der Waals surface area (Å²) in [4.78, 5) is 19.4. The van der Waals surface area contributed by atoms with Crippen molar-refractivity contribution in [1.29, 1.82) is 0 Å². The molecule has 0 saturated heterocycles. The lowest BCUT2D eigenvalue weighted by Gasteiger charge is -2.04. The summed E-state index contributed by atoms with van der Waals surface area (Å²) in [6, 6.07) is 11.4. The third-order valence-electron chi connectivity index (χ3n) is 2.97. The minimum absolute atomic E-state index is 0.134. The Bertz CT molecular complexity index is 746. The van der Waals surface area contributed by atoms with E-state index >= 15 is 0 Å². The third-order valence-corrected chi connectivity index (χ3v) is 2.97. The van der Waals surface area contributed by atoms with E-state index in [0.717, 1.165) is 22.3 Å². The molecule has 0 spiro atoms. The molecule has 4 nitrogen and oxygen atoms in total. The van der Waals surface area contributed by atoms with Gasteiger partial charge >= 0.3 is 0 Å². The smallest absolute Gasteiger partial charge is 0.257 e. The van der Waals surface area contributed by atoms with Crippen molar-refractivity contribution in [1.82, 2.24) is 9.97 Å². The van der Waals surface area contributed by atoms with Crippen LogP contribution in [0.4, 0.5) is 5.69 Å². The van der Waals surface area contributed by atoms with E-state index in [9.17, 15) is 4.79 Å². The van der Waals surface area contributed by atoms with Crippen LogP contribution in [0.3, 0.4) is 0 Å². The van der Waals surface area contributed by atoms with Gasteiger partial charge in [0.2, 0.25) is 0 Å². The van der Waals surface area contributed by atoms with Crippen LogP contribution in [-0.2, 0) is 0 Å². The number of aryl methyl sites for hydroxylation is 1. The summed E-state index contributed by atoms with van der Waals surface area (Å²) in [7, 11) is 0. The van der Waals surface area contributed by atoms with Gasteiger partial charge in [0, 0.05) is 23.5 Å². The second kappa shape index (κ2) is 4.57. The fourth-order valence-corrected chi connectivity index (χ4v) is 2.07. The maximum Gasteiger partial charge on any atom is 0.257 e. The molecule has 1 aromatic carbocycles. The number of carbonyl (C=O) groups excluding carboxylic acids is 1. The van der Waals surface area contributed by atoms with Crippen molar-refractivity contribution in [2.24, 2.45) is 0 Å². The third kappa shape index (κ3) is 2.20. The normalized spacial score (nSPS) is 10.6. The zero-order valence-corrected chi connectivity index (χ0v) is 10.5. The fourth-order valence-electron chi connectivity index (χ4n) is 2.07. The monoisotopic (exact) mass is 251 g/mol. The number of hydrogen-bond donors (Lipinski definition) is 2. The predicted molar refractivity (Wildman–Crippen MR) is 75.2 cm³/mol. The van der Waals surface area contributed by atoms with Gasteiger partial charge in [-0.05, 0) is 36.8 Å². The Labute approximate surface area is 110 Å². The molecular formula is C15H13N3O. The van der Waals surface area contributed by atoms with E-state index in [-0.39, 0.29) is 5.91 Å². The molecule has 0 saturated carbocycles. The largest absolute Gasteiger partial charge is 0.345 e. The number of anilines is 1. The Hall–Kier alpha value is -2.62. The number of hydrogen-bond acceptors (Lipinski definition) is 2. The number of benzene rings is 1. The molecule has 0 aliphatic rings. The molecule has 0 atom stereocenters. The molecule has 2 N–H and O–H groups in total. The van der Waals surface area contributed by atoms with Gasteiger partial charge in [0.1, 0.15) is 5.65 Å². The first-order valence-electron chi connectivity index (χ1n) is 6.04. The highest BCUT2D eigenvalue weighted by atomic mass is 16.1. The molecular weight excluding hydrogens is 238 g/mol. The van der Waals surface area contributed by atoms with Gasteiger partial charge in [-0.25, -0.2) is 4.98 Å². The van der Waals surface area contributed by atoms with Crippen LogP contribution in [0.2, 0.25) is 0 Å². The van der Waals surface area contributed by atoms with Gasteiger partial charge in [-0.3, -0.25) is 4.79 Å². The van der Waals surface area contributed by atoms with Crippen LogP contribution in [0.15, 0.2) is 48.8 Å². The molecule has 0 radical (unpaired) electrons. The van der Waals surface area contributed by atoms with Gasteiger partial charge in [0.05, 0.1) is 5.56 Å². The quantitative estimate of drug-likeness (QED) is 0.735. The summed E-state index contributed by atoms with van der Waals surface area (Å²) in [5, 5.41) is 3.72. The zero-order valence-electron chi connectivity index (χ0n) is 10.5. The highest BCUT2D eigenvalue weighted by Gasteiger charge is 2.12. The van der Waals surface area contributed by atoms with Crippen LogP contribution >= 0.6 is 0 Å². The standard InChI is InChI=1S/C15H13N3O/c1-10-4-2-5-11(8-10)18-15(19)13-9-17-14-12(13)6-3-7-16-14/h2-9H,1H3,(H,16,17)(H,18,19). The van der Waals surface area contributed by atoms with E-state index in [0.29, 0.717) is 5.56 Å². The molecule has 2 heterocycles. The summed E-state index contributed by atoms with van der Waals surface area (Å²) in [6.07, 6.45) is 3.38. The van der Waals surface area contributed by atoms with E-state index in [4.69, 9.17) is 0 Å². The van der Waals surface area contributed by atoms with Gasteiger partial charge < -0.3 is 10.3 Å². The topological polar surface area (TPSA) is 57.8 Å². The number of pyridine rings is 1. The van der Waals surface area contributed by atoms with Crippen LogP contribution in [0.1, 0.15) is 15.9 Å². The minimum atomic E-state index is -0.134. The van der Waals surface area contributed by atoms with Crippen molar-refractivity contribution in [3.05, 3.63) is 59.9 Å². The second-order valence-corrected chi connectivity index (χ2v) is 4.43. The fraction of sp³-hybridized carbons (Fsp3) is 0.0667. The maximum atomic E-state index is 12.2. The highest BCUT2D eigenvalue weighted by Crippen LogP contribution is 2.18. The number of H-pyrrole nitrogens is 1. The maximum absolute atomic E-state index is 12.2. The van der Waals surface area contributed by atoms with Gasteiger partial charge in [0.15, 0.2) is 0 Å². The molecule has 0 bridgehead atoms. The van der Waals surface area contributed by atoms with Crippen molar-refractivity contribution in [2.75, 3.05) is 5.32 Å². The lowest BCUT2D eigenvalue weighted by molar-refractivity contribution is 0.102. The molecule has 0 unspecified atom stereocenters. The molecule has 2 aromatic heterocycles. The Morgan fingerprint density at radius 1 is 1.26 bits per heavy atom. The summed E-state index contributed by atoms with van der Waals surface area (Å²) in [6.45, 7) is 1.99. The molecule has 19 heavy (non-hydrogen) atoms. The first kappa shape index (κ1) is 11.5. The van der Waals surface area contributed by atoms with Gasteiger partial charge in [-0.15, -0.1) is 0 Å². The molecule has 3 rings (SSSR count). The number of rotatable bonds is 2. The number of nitrogens with one attached hydrogen (secondary N) is 2. The number of fused-ring (bicyclic) bond motifs is 1. The van der Waals surface area contributed by atoms with Crippen molar-refractivity contribution in [2.45, 2.75) is 6.92 Å². The number of aromatic nitrogens is 2. The summed E-state index contributed by atoms with van der Waals surface area (Å²) >= 11 is 0. The second-order valence-electron chi connectivity index (χ2n) is 4.43. The number of carbonyl (C=O) groups is 1. The molecule has 94 valence electrons. The number of amides is 1. The average molecular weight is 251 g/mol. The molecule has 0 aliphatic heterocycles. The van der Waals surface area contributed by atoms with Gasteiger partial charge in [-0.1, -0.05) is 12.1 Å². The van der Waals surface area contributed by atoms with Crippen LogP contribution in [0.25, 0.3) is 11.0 Å².